The minimum absolute atomic E-state index is 0.934. The highest BCUT2D eigenvalue weighted by atomic mass is 14.1. The second kappa shape index (κ2) is 18.8. The zero-order chi connectivity index (χ0) is 18.8. The van der Waals surface area contributed by atoms with E-state index < -0.39 is 0 Å². The largest absolute Gasteiger partial charge is 0.0654 e. The van der Waals surface area contributed by atoms with E-state index in [0.29, 0.717) is 0 Å². The Kier molecular flexibility index (Phi) is 18.8. The fraction of sp³-hybridized carbons (Fsp3) is 1.00. The summed E-state index contributed by atoms with van der Waals surface area (Å²) in [6, 6.07) is 0. The summed E-state index contributed by atoms with van der Waals surface area (Å²) < 4.78 is 0. The molecule has 0 heteroatoms. The van der Waals surface area contributed by atoms with E-state index in [0.717, 1.165) is 17.8 Å². The van der Waals surface area contributed by atoms with Crippen LogP contribution in [0.5, 0.6) is 0 Å². The van der Waals surface area contributed by atoms with Crippen LogP contribution in [-0.4, -0.2) is 0 Å². The maximum Gasteiger partial charge on any atom is -0.0443 e. The predicted octanol–water partition coefficient (Wildman–Crippen LogP) is 9.57. The maximum absolute atomic E-state index is 2.48. The van der Waals surface area contributed by atoms with Gasteiger partial charge in [-0.2, -0.15) is 0 Å². The molecule has 0 rings (SSSR count). The van der Waals surface area contributed by atoms with Crippen LogP contribution in [0.2, 0.25) is 0 Å². The average Bonchev–Trinajstić information content (AvgIpc) is 2.60. The average molecular weight is 353 g/mol. The summed E-state index contributed by atoms with van der Waals surface area (Å²) in [6.07, 6.45) is 24.7. The third-order valence-corrected chi connectivity index (χ3v) is 6.29. The normalized spacial score (nSPS) is 15.2. The lowest BCUT2D eigenvalue weighted by molar-refractivity contribution is 0.380. The Hall–Kier alpha value is 0. The highest BCUT2D eigenvalue weighted by Gasteiger charge is 2.07. The van der Waals surface area contributed by atoms with Crippen LogP contribution in [0.3, 0.4) is 0 Å². The molecule has 25 heavy (non-hydrogen) atoms. The van der Waals surface area contributed by atoms with Crippen molar-refractivity contribution < 1.29 is 0 Å². The monoisotopic (exact) mass is 352 g/mol. The Morgan fingerprint density at radius 2 is 0.760 bits per heavy atom. The molecule has 0 saturated heterocycles. The maximum atomic E-state index is 2.48. The van der Waals surface area contributed by atoms with Gasteiger partial charge >= 0.3 is 0 Å². The molecule has 0 bridgehead atoms. The smallest absolute Gasteiger partial charge is 0.0443 e. The first kappa shape index (κ1) is 25.0. The van der Waals surface area contributed by atoms with Gasteiger partial charge in [-0.15, -0.1) is 0 Å². The number of rotatable bonds is 19. The highest BCUT2D eigenvalue weighted by Crippen LogP contribution is 2.22. The molecule has 0 radical (unpaired) electrons. The van der Waals surface area contributed by atoms with Crippen LogP contribution in [0.15, 0.2) is 0 Å². The van der Waals surface area contributed by atoms with Crippen molar-refractivity contribution in [1.82, 2.24) is 0 Å². The minimum Gasteiger partial charge on any atom is -0.0654 e. The van der Waals surface area contributed by atoms with Crippen molar-refractivity contribution in [2.45, 2.75) is 144 Å². The van der Waals surface area contributed by atoms with Crippen LogP contribution in [0.25, 0.3) is 0 Å². The Labute approximate surface area is 161 Å². The molecule has 0 nitrogen and oxygen atoms in total. The Balaban J connectivity index is 3.33. The van der Waals surface area contributed by atoms with Gasteiger partial charge in [0.25, 0.3) is 0 Å². The first-order chi connectivity index (χ1) is 12.1. The second-order valence-corrected chi connectivity index (χ2v) is 9.20. The molecule has 0 saturated carbocycles. The first-order valence-corrected chi connectivity index (χ1v) is 12.1. The topological polar surface area (TPSA) is 0 Å². The van der Waals surface area contributed by atoms with Crippen LogP contribution in [0.4, 0.5) is 0 Å². The van der Waals surface area contributed by atoms with Crippen molar-refractivity contribution in [2.75, 3.05) is 0 Å². The fourth-order valence-corrected chi connectivity index (χ4v) is 3.93. The molecule has 152 valence electrons. The number of hydrogen-bond donors (Lipinski definition) is 0. The van der Waals surface area contributed by atoms with Crippen LogP contribution in [0, 0.1) is 17.8 Å². The molecule has 3 atom stereocenters. The van der Waals surface area contributed by atoms with Crippen molar-refractivity contribution in [3.8, 4) is 0 Å². The molecule has 0 aromatic carbocycles. The zero-order valence-electron chi connectivity index (χ0n) is 18.8. The van der Waals surface area contributed by atoms with Crippen LogP contribution >= 0.6 is 0 Å². The van der Waals surface area contributed by atoms with E-state index in [9.17, 15) is 0 Å². The SMILES string of the molecule is CCCCCCCCCCCC(C)CCCC(C)CCCC(C)CC. The second-order valence-electron chi connectivity index (χ2n) is 9.20. The van der Waals surface area contributed by atoms with Crippen LogP contribution in [0.1, 0.15) is 144 Å². The van der Waals surface area contributed by atoms with E-state index in [-0.39, 0.29) is 0 Å². The molecule has 0 N–H and O–H groups in total. The van der Waals surface area contributed by atoms with E-state index in [1.807, 2.05) is 0 Å². The molecule has 0 fully saturated rings. The van der Waals surface area contributed by atoms with E-state index in [4.69, 9.17) is 0 Å². The van der Waals surface area contributed by atoms with Crippen LogP contribution < -0.4 is 0 Å². The first-order valence-electron chi connectivity index (χ1n) is 12.1. The van der Waals surface area contributed by atoms with Gasteiger partial charge in [-0.05, 0) is 17.8 Å². The summed E-state index contributed by atoms with van der Waals surface area (Å²) in [5, 5.41) is 0. The summed E-state index contributed by atoms with van der Waals surface area (Å²) in [6.45, 7) is 12.0. The van der Waals surface area contributed by atoms with E-state index >= 15 is 0 Å². The molecule has 0 aromatic rings. The standard InChI is InChI=1S/C25H52/c1-6-8-9-10-11-12-13-14-15-18-24(4)21-17-22-25(5)20-16-19-23(3)7-2/h23-25H,6-22H2,1-5H3. The fourth-order valence-electron chi connectivity index (χ4n) is 3.93. The van der Waals surface area contributed by atoms with Gasteiger partial charge in [0.05, 0.1) is 0 Å². The lowest BCUT2D eigenvalue weighted by Crippen LogP contribution is -2.00. The van der Waals surface area contributed by atoms with Crippen molar-refractivity contribution >= 4 is 0 Å². The van der Waals surface area contributed by atoms with Gasteiger partial charge < -0.3 is 0 Å². The van der Waals surface area contributed by atoms with E-state index in [1.54, 1.807) is 0 Å². The molecule has 0 aliphatic carbocycles. The van der Waals surface area contributed by atoms with Crippen molar-refractivity contribution in [2.24, 2.45) is 17.8 Å². The van der Waals surface area contributed by atoms with Gasteiger partial charge in [-0.25, -0.2) is 0 Å². The van der Waals surface area contributed by atoms with Crippen molar-refractivity contribution in [3.05, 3.63) is 0 Å². The number of hydrogen-bond acceptors (Lipinski definition) is 0. The quantitative estimate of drug-likeness (QED) is 0.203. The van der Waals surface area contributed by atoms with Gasteiger partial charge in [0.15, 0.2) is 0 Å². The van der Waals surface area contributed by atoms with Crippen molar-refractivity contribution in [1.29, 1.82) is 0 Å². The summed E-state index contributed by atoms with van der Waals surface area (Å²) >= 11 is 0. The summed E-state index contributed by atoms with van der Waals surface area (Å²) in [7, 11) is 0. The van der Waals surface area contributed by atoms with E-state index in [1.165, 1.54) is 109 Å². The van der Waals surface area contributed by atoms with Gasteiger partial charge in [-0.1, -0.05) is 144 Å². The molecule has 0 amide bonds. The summed E-state index contributed by atoms with van der Waals surface area (Å²) in [4.78, 5) is 0. The number of unbranched alkanes of at least 4 members (excludes halogenated alkanes) is 8. The van der Waals surface area contributed by atoms with Crippen molar-refractivity contribution in [3.63, 3.8) is 0 Å². The predicted molar refractivity (Wildman–Crippen MR) is 117 cm³/mol. The highest BCUT2D eigenvalue weighted by molar-refractivity contribution is 4.60. The zero-order valence-corrected chi connectivity index (χ0v) is 18.8. The Morgan fingerprint density at radius 3 is 1.20 bits per heavy atom. The summed E-state index contributed by atoms with van der Waals surface area (Å²) in [5.41, 5.74) is 0. The van der Waals surface area contributed by atoms with Gasteiger partial charge in [0, 0.05) is 0 Å². The van der Waals surface area contributed by atoms with Gasteiger partial charge in [0.2, 0.25) is 0 Å². The Bertz CT molecular complexity index is 244. The Morgan fingerprint density at radius 1 is 0.400 bits per heavy atom. The minimum atomic E-state index is 0.934. The third kappa shape index (κ3) is 18.6. The molecular formula is C25H52. The molecule has 0 spiro atoms. The molecule has 0 aromatic heterocycles. The third-order valence-electron chi connectivity index (χ3n) is 6.29. The molecule has 0 heterocycles. The summed E-state index contributed by atoms with van der Waals surface area (Å²) in [5.74, 6) is 2.84. The molecule has 0 aliphatic rings. The molecule has 0 aliphatic heterocycles. The van der Waals surface area contributed by atoms with E-state index in [2.05, 4.69) is 34.6 Å². The van der Waals surface area contributed by atoms with Gasteiger partial charge in [-0.3, -0.25) is 0 Å². The lowest BCUT2D eigenvalue weighted by Gasteiger charge is -2.15. The van der Waals surface area contributed by atoms with Crippen LogP contribution in [-0.2, 0) is 0 Å². The van der Waals surface area contributed by atoms with Gasteiger partial charge in [0.1, 0.15) is 0 Å². The molecular weight excluding hydrogens is 300 g/mol. The molecule has 3 unspecified atom stereocenters. The lowest BCUT2D eigenvalue weighted by atomic mass is 9.91.